The van der Waals surface area contributed by atoms with Crippen molar-refractivity contribution in [1.29, 1.82) is 5.41 Å². The smallest absolute Gasteiger partial charge is 0.138 e. The van der Waals surface area contributed by atoms with Crippen molar-refractivity contribution in [1.82, 2.24) is 0 Å². The molecular weight excluding hydrogens is 126 g/mol. The summed E-state index contributed by atoms with van der Waals surface area (Å²) in [6.07, 6.45) is 3.97. The number of ketones is 1. The third kappa shape index (κ3) is 1.43. The summed E-state index contributed by atoms with van der Waals surface area (Å²) >= 11 is 0. The van der Waals surface area contributed by atoms with Crippen LogP contribution in [0, 0.1) is 11.3 Å². The van der Waals surface area contributed by atoms with Crippen LogP contribution in [0.1, 0.15) is 32.6 Å². The maximum atomic E-state index is 10.9. The SMILES string of the molecule is CC(=O)C1CCCCC1=N. The highest BCUT2D eigenvalue weighted by atomic mass is 16.1. The van der Waals surface area contributed by atoms with Crippen LogP contribution in [0.3, 0.4) is 0 Å². The molecule has 1 atom stereocenters. The van der Waals surface area contributed by atoms with Crippen LogP contribution < -0.4 is 0 Å². The Kier molecular flexibility index (Phi) is 2.20. The summed E-state index contributed by atoms with van der Waals surface area (Å²) in [7, 11) is 0. The second-order valence-electron chi connectivity index (χ2n) is 2.93. The number of hydrogen-bond donors (Lipinski definition) is 1. The first-order valence-electron chi connectivity index (χ1n) is 3.79. The van der Waals surface area contributed by atoms with Crippen molar-refractivity contribution in [3.8, 4) is 0 Å². The lowest BCUT2D eigenvalue weighted by Crippen LogP contribution is -2.24. The van der Waals surface area contributed by atoms with Gasteiger partial charge in [-0.05, 0) is 26.2 Å². The van der Waals surface area contributed by atoms with E-state index in [2.05, 4.69) is 0 Å². The van der Waals surface area contributed by atoms with Crippen LogP contribution in [0.25, 0.3) is 0 Å². The van der Waals surface area contributed by atoms with Crippen molar-refractivity contribution in [2.45, 2.75) is 32.6 Å². The molecule has 0 aliphatic heterocycles. The lowest BCUT2D eigenvalue weighted by atomic mass is 9.85. The average molecular weight is 139 g/mol. The molecule has 10 heavy (non-hydrogen) atoms. The minimum absolute atomic E-state index is 0.0336. The highest BCUT2D eigenvalue weighted by Crippen LogP contribution is 2.21. The minimum Gasteiger partial charge on any atom is -0.309 e. The Morgan fingerprint density at radius 1 is 1.60 bits per heavy atom. The summed E-state index contributed by atoms with van der Waals surface area (Å²) in [6, 6.07) is 0. The molecule has 0 radical (unpaired) electrons. The third-order valence-electron chi connectivity index (χ3n) is 2.10. The third-order valence-corrected chi connectivity index (χ3v) is 2.10. The topological polar surface area (TPSA) is 40.9 Å². The summed E-state index contributed by atoms with van der Waals surface area (Å²) in [4.78, 5) is 10.9. The first kappa shape index (κ1) is 7.45. The summed E-state index contributed by atoms with van der Waals surface area (Å²) < 4.78 is 0. The second-order valence-corrected chi connectivity index (χ2v) is 2.93. The van der Waals surface area contributed by atoms with Gasteiger partial charge in [0.25, 0.3) is 0 Å². The van der Waals surface area contributed by atoms with Crippen molar-refractivity contribution in [2.24, 2.45) is 5.92 Å². The van der Waals surface area contributed by atoms with E-state index < -0.39 is 0 Å². The zero-order chi connectivity index (χ0) is 7.56. The minimum atomic E-state index is -0.0336. The Balaban J connectivity index is 2.56. The second kappa shape index (κ2) is 2.95. The Hall–Kier alpha value is -0.660. The van der Waals surface area contributed by atoms with Crippen LogP contribution in [0.2, 0.25) is 0 Å². The largest absolute Gasteiger partial charge is 0.309 e. The number of Topliss-reactive ketones (excluding diaryl/α,β-unsaturated/α-hetero) is 1. The molecule has 0 aromatic heterocycles. The molecule has 1 aliphatic rings. The fourth-order valence-electron chi connectivity index (χ4n) is 1.46. The Labute approximate surface area is 61.1 Å². The van der Waals surface area contributed by atoms with Crippen LogP contribution >= 0.6 is 0 Å². The molecule has 1 aliphatic carbocycles. The van der Waals surface area contributed by atoms with Crippen LogP contribution in [0.15, 0.2) is 0 Å². The Morgan fingerprint density at radius 3 is 2.70 bits per heavy atom. The molecule has 2 heteroatoms. The van der Waals surface area contributed by atoms with Gasteiger partial charge in [0.2, 0.25) is 0 Å². The molecule has 1 N–H and O–H groups in total. The van der Waals surface area contributed by atoms with Crippen molar-refractivity contribution in [2.75, 3.05) is 0 Å². The number of hydrogen-bond acceptors (Lipinski definition) is 2. The first-order valence-corrected chi connectivity index (χ1v) is 3.79. The fourth-order valence-corrected chi connectivity index (χ4v) is 1.46. The van der Waals surface area contributed by atoms with E-state index in [0.29, 0.717) is 5.71 Å². The molecule has 0 spiro atoms. The van der Waals surface area contributed by atoms with E-state index in [1.165, 1.54) is 0 Å². The predicted molar refractivity (Wildman–Crippen MR) is 40.4 cm³/mol. The van der Waals surface area contributed by atoms with Gasteiger partial charge in [-0.25, -0.2) is 0 Å². The number of rotatable bonds is 1. The average Bonchev–Trinajstić information content (AvgIpc) is 1.88. The van der Waals surface area contributed by atoms with Gasteiger partial charge in [-0.2, -0.15) is 0 Å². The number of nitrogens with one attached hydrogen (secondary N) is 1. The van der Waals surface area contributed by atoms with Gasteiger partial charge in [0.1, 0.15) is 5.78 Å². The molecule has 0 saturated heterocycles. The molecule has 0 amide bonds. The monoisotopic (exact) mass is 139 g/mol. The van der Waals surface area contributed by atoms with Crippen LogP contribution in [0.4, 0.5) is 0 Å². The molecule has 1 fully saturated rings. The van der Waals surface area contributed by atoms with Crippen LogP contribution in [-0.2, 0) is 4.79 Å². The standard InChI is InChI=1S/C8H13NO/c1-6(10)7-4-2-3-5-8(7)9/h7,9H,2-5H2,1H3. The molecule has 56 valence electrons. The molecule has 0 aromatic carbocycles. The molecular formula is C8H13NO. The van der Waals surface area contributed by atoms with E-state index >= 15 is 0 Å². The molecule has 1 rings (SSSR count). The van der Waals surface area contributed by atoms with Gasteiger partial charge < -0.3 is 5.41 Å². The molecule has 0 heterocycles. The zero-order valence-corrected chi connectivity index (χ0v) is 6.31. The van der Waals surface area contributed by atoms with E-state index in [9.17, 15) is 4.79 Å². The normalized spacial score (nSPS) is 26.5. The van der Waals surface area contributed by atoms with Crippen molar-refractivity contribution >= 4 is 11.5 Å². The Morgan fingerprint density at radius 2 is 2.30 bits per heavy atom. The van der Waals surface area contributed by atoms with Crippen molar-refractivity contribution < 1.29 is 4.79 Å². The molecule has 0 bridgehead atoms. The lowest BCUT2D eigenvalue weighted by molar-refractivity contribution is -0.119. The quantitative estimate of drug-likeness (QED) is 0.591. The molecule has 1 saturated carbocycles. The summed E-state index contributed by atoms with van der Waals surface area (Å²) in [5.41, 5.74) is 0.652. The van der Waals surface area contributed by atoms with Gasteiger partial charge in [-0.15, -0.1) is 0 Å². The first-order chi connectivity index (χ1) is 4.72. The van der Waals surface area contributed by atoms with Gasteiger partial charge in [0.05, 0.1) is 5.92 Å². The van der Waals surface area contributed by atoms with Crippen LogP contribution in [0.5, 0.6) is 0 Å². The Bertz CT molecular complexity index is 163. The summed E-state index contributed by atoms with van der Waals surface area (Å²) in [5, 5.41) is 7.46. The van der Waals surface area contributed by atoms with Gasteiger partial charge in [0, 0.05) is 5.71 Å². The van der Waals surface area contributed by atoms with Gasteiger partial charge in [-0.3, -0.25) is 4.79 Å². The zero-order valence-electron chi connectivity index (χ0n) is 6.31. The van der Waals surface area contributed by atoms with E-state index in [-0.39, 0.29) is 11.7 Å². The van der Waals surface area contributed by atoms with Crippen LogP contribution in [-0.4, -0.2) is 11.5 Å². The molecule has 2 nitrogen and oxygen atoms in total. The van der Waals surface area contributed by atoms with E-state index in [4.69, 9.17) is 5.41 Å². The van der Waals surface area contributed by atoms with E-state index in [1.807, 2.05) is 0 Å². The van der Waals surface area contributed by atoms with Crippen molar-refractivity contribution in [3.05, 3.63) is 0 Å². The van der Waals surface area contributed by atoms with E-state index in [0.717, 1.165) is 25.7 Å². The maximum Gasteiger partial charge on any atom is 0.138 e. The maximum absolute atomic E-state index is 10.9. The fraction of sp³-hybridized carbons (Fsp3) is 0.750. The molecule has 0 aromatic rings. The van der Waals surface area contributed by atoms with E-state index in [1.54, 1.807) is 6.92 Å². The summed E-state index contributed by atoms with van der Waals surface area (Å²) in [5.74, 6) is 0.137. The van der Waals surface area contributed by atoms with Crippen molar-refractivity contribution in [3.63, 3.8) is 0 Å². The predicted octanol–water partition coefficient (Wildman–Crippen LogP) is 1.79. The van der Waals surface area contributed by atoms with Gasteiger partial charge in [0.15, 0.2) is 0 Å². The lowest BCUT2D eigenvalue weighted by Gasteiger charge is -2.19. The number of carbonyl (C=O) groups excluding carboxylic acids is 1. The highest BCUT2D eigenvalue weighted by Gasteiger charge is 2.22. The number of carbonyl (C=O) groups is 1. The van der Waals surface area contributed by atoms with Gasteiger partial charge in [-0.1, -0.05) is 6.42 Å². The summed E-state index contributed by atoms with van der Waals surface area (Å²) in [6.45, 7) is 1.59. The highest BCUT2D eigenvalue weighted by molar-refractivity contribution is 6.03. The molecule has 1 unspecified atom stereocenters. The van der Waals surface area contributed by atoms with Gasteiger partial charge >= 0.3 is 0 Å².